The minimum absolute atomic E-state index is 0.130. The molecule has 1 heterocycles. The van der Waals surface area contributed by atoms with Crippen molar-refractivity contribution in [1.82, 2.24) is 4.90 Å². The number of hydrogen-bond acceptors (Lipinski definition) is 5. The van der Waals surface area contributed by atoms with Gasteiger partial charge in [-0.25, -0.2) is 0 Å². The Morgan fingerprint density at radius 2 is 1.62 bits per heavy atom. The summed E-state index contributed by atoms with van der Waals surface area (Å²) < 4.78 is 10.8. The summed E-state index contributed by atoms with van der Waals surface area (Å²) in [6, 6.07) is 0. The molecule has 1 aliphatic rings. The van der Waals surface area contributed by atoms with Crippen molar-refractivity contribution in [3.05, 3.63) is 8.96 Å². The fourth-order valence-corrected chi connectivity index (χ4v) is 2.29. The zero-order valence-corrected chi connectivity index (χ0v) is 15.2. The maximum Gasteiger partial charge on any atom is 0.308 e. The van der Waals surface area contributed by atoms with E-state index in [1.165, 1.54) is 0 Å². The maximum absolute atomic E-state index is 11.7. The lowest BCUT2D eigenvalue weighted by atomic mass is 10.2. The summed E-state index contributed by atoms with van der Waals surface area (Å²) in [6.07, 6.45) is 0.130. The molecule has 1 aliphatic heterocycles. The smallest absolute Gasteiger partial charge is 0.308 e. The van der Waals surface area contributed by atoms with Crippen LogP contribution in [-0.4, -0.2) is 48.0 Å². The number of halogens is 2. The molecule has 8 heteroatoms. The van der Waals surface area contributed by atoms with Crippen molar-refractivity contribution in [2.45, 2.75) is 32.8 Å². The van der Waals surface area contributed by atoms with Gasteiger partial charge in [-0.3, -0.25) is 19.3 Å². The number of carbonyl (C=O) groups is 3. The van der Waals surface area contributed by atoms with E-state index in [4.69, 9.17) is 9.47 Å². The first kappa shape index (κ1) is 18.3. The molecule has 0 atom stereocenters. The Morgan fingerprint density at radius 1 is 1.10 bits per heavy atom. The van der Waals surface area contributed by atoms with Crippen LogP contribution in [0.1, 0.15) is 27.2 Å². The lowest BCUT2D eigenvalue weighted by Crippen LogP contribution is -2.34. The van der Waals surface area contributed by atoms with E-state index < -0.39 is 17.4 Å². The van der Waals surface area contributed by atoms with Gasteiger partial charge in [0.15, 0.2) is 0 Å². The molecule has 0 aromatic rings. The Kier molecular flexibility index (Phi) is 6.55. The molecule has 0 bridgehead atoms. The third-order valence-corrected chi connectivity index (χ3v) is 4.39. The summed E-state index contributed by atoms with van der Waals surface area (Å²) >= 11 is 6.08. The van der Waals surface area contributed by atoms with Crippen LogP contribution in [0, 0.1) is 0 Å². The molecule has 1 rings (SSSR count). The second-order valence-electron chi connectivity index (χ2n) is 5.34. The Bertz CT molecular complexity index is 457. The molecule has 0 aromatic carbocycles. The Balaban J connectivity index is 2.23. The molecule has 0 saturated carbocycles. The lowest BCUT2D eigenvalue weighted by Gasteiger charge is -2.19. The molecule has 118 valence electrons. The zero-order chi connectivity index (χ0) is 16.2. The van der Waals surface area contributed by atoms with Gasteiger partial charge in [-0.05, 0) is 52.6 Å². The minimum Gasteiger partial charge on any atom is -0.460 e. The summed E-state index contributed by atoms with van der Waals surface area (Å²) in [7, 11) is 0. The first-order chi connectivity index (χ1) is 9.63. The molecule has 0 fully saturated rings. The van der Waals surface area contributed by atoms with E-state index in [9.17, 15) is 14.4 Å². The van der Waals surface area contributed by atoms with Gasteiger partial charge < -0.3 is 9.47 Å². The Morgan fingerprint density at radius 3 is 2.10 bits per heavy atom. The van der Waals surface area contributed by atoms with E-state index >= 15 is 0 Å². The van der Waals surface area contributed by atoms with Gasteiger partial charge in [0.2, 0.25) is 0 Å². The average molecular weight is 427 g/mol. The van der Waals surface area contributed by atoms with Crippen molar-refractivity contribution < 1.29 is 23.9 Å². The number of ether oxygens (including phenoxy) is 2. The maximum atomic E-state index is 11.7. The van der Waals surface area contributed by atoms with Crippen LogP contribution in [0.25, 0.3) is 0 Å². The van der Waals surface area contributed by atoms with Crippen LogP contribution in [0.15, 0.2) is 8.96 Å². The molecule has 0 radical (unpaired) electrons. The van der Waals surface area contributed by atoms with E-state index in [1.807, 2.05) is 0 Å². The standard InChI is InChI=1S/C13H17Br2NO5/c1-13(2,3)21-8(17)4-6-20-7-5-16-11(18)9(14)10(15)12(16)19/h4-7H2,1-3H3. The van der Waals surface area contributed by atoms with Crippen LogP contribution in [0.3, 0.4) is 0 Å². The van der Waals surface area contributed by atoms with E-state index in [1.54, 1.807) is 20.8 Å². The highest BCUT2D eigenvalue weighted by Crippen LogP contribution is 2.28. The van der Waals surface area contributed by atoms with Crippen molar-refractivity contribution >= 4 is 49.6 Å². The average Bonchev–Trinajstić information content (AvgIpc) is 2.53. The number of carbonyl (C=O) groups excluding carboxylic acids is 3. The molecule has 0 N–H and O–H groups in total. The third kappa shape index (κ3) is 5.52. The quantitative estimate of drug-likeness (QED) is 0.369. The van der Waals surface area contributed by atoms with Crippen LogP contribution < -0.4 is 0 Å². The van der Waals surface area contributed by atoms with Gasteiger partial charge in [0.25, 0.3) is 11.8 Å². The van der Waals surface area contributed by atoms with Crippen LogP contribution in [0.5, 0.6) is 0 Å². The fraction of sp³-hybridized carbons (Fsp3) is 0.615. The first-order valence-electron chi connectivity index (χ1n) is 6.34. The van der Waals surface area contributed by atoms with E-state index in [0.29, 0.717) is 0 Å². The van der Waals surface area contributed by atoms with Gasteiger partial charge in [-0.2, -0.15) is 0 Å². The zero-order valence-electron chi connectivity index (χ0n) is 12.1. The van der Waals surface area contributed by atoms with Crippen molar-refractivity contribution in [3.8, 4) is 0 Å². The summed E-state index contributed by atoms with van der Waals surface area (Å²) in [5.74, 6) is -1.15. The second-order valence-corrected chi connectivity index (χ2v) is 6.92. The number of nitrogens with zero attached hydrogens (tertiary/aromatic N) is 1. The van der Waals surface area contributed by atoms with Crippen molar-refractivity contribution in [1.29, 1.82) is 0 Å². The fourth-order valence-electron chi connectivity index (χ4n) is 1.53. The molecular weight excluding hydrogens is 410 g/mol. The number of hydrogen-bond donors (Lipinski definition) is 0. The number of amides is 2. The minimum atomic E-state index is -0.518. The van der Waals surface area contributed by atoms with Crippen molar-refractivity contribution in [3.63, 3.8) is 0 Å². The van der Waals surface area contributed by atoms with Gasteiger partial charge >= 0.3 is 5.97 Å². The predicted molar refractivity (Wildman–Crippen MR) is 82.9 cm³/mol. The summed E-state index contributed by atoms with van der Waals surface area (Å²) in [4.78, 5) is 35.9. The highest BCUT2D eigenvalue weighted by molar-refractivity contribution is 9.14. The molecule has 0 aromatic heterocycles. The number of imide groups is 1. The molecule has 0 unspecified atom stereocenters. The molecule has 0 spiro atoms. The van der Waals surface area contributed by atoms with Crippen LogP contribution in [-0.2, 0) is 23.9 Å². The lowest BCUT2D eigenvalue weighted by molar-refractivity contribution is -0.156. The van der Waals surface area contributed by atoms with E-state index in [0.717, 1.165) is 4.90 Å². The predicted octanol–water partition coefficient (Wildman–Crippen LogP) is 2.10. The normalized spacial score (nSPS) is 16.0. The van der Waals surface area contributed by atoms with Gasteiger partial charge in [0, 0.05) is 0 Å². The molecule has 2 amide bonds. The third-order valence-electron chi connectivity index (χ3n) is 2.39. The second kappa shape index (κ2) is 7.51. The molecule has 0 saturated heterocycles. The molecular formula is C13H17Br2NO5. The topological polar surface area (TPSA) is 72.9 Å². The van der Waals surface area contributed by atoms with Gasteiger partial charge in [0.1, 0.15) is 14.6 Å². The van der Waals surface area contributed by atoms with Gasteiger partial charge in [-0.15, -0.1) is 0 Å². The van der Waals surface area contributed by atoms with E-state index in [2.05, 4.69) is 31.9 Å². The van der Waals surface area contributed by atoms with Crippen LogP contribution >= 0.6 is 31.9 Å². The summed E-state index contributed by atoms with van der Waals surface area (Å²) in [5.41, 5.74) is -0.518. The van der Waals surface area contributed by atoms with Crippen molar-refractivity contribution in [2.24, 2.45) is 0 Å². The summed E-state index contributed by atoms with van der Waals surface area (Å²) in [5, 5.41) is 0. The Hall–Kier alpha value is -0.730. The number of rotatable bonds is 6. The molecule has 6 nitrogen and oxygen atoms in total. The van der Waals surface area contributed by atoms with Gasteiger partial charge in [0.05, 0.1) is 26.2 Å². The highest BCUT2D eigenvalue weighted by Gasteiger charge is 2.35. The van der Waals surface area contributed by atoms with Gasteiger partial charge in [-0.1, -0.05) is 0 Å². The summed E-state index contributed by atoms with van der Waals surface area (Å²) in [6.45, 7) is 5.86. The van der Waals surface area contributed by atoms with Crippen molar-refractivity contribution in [2.75, 3.05) is 19.8 Å². The molecule has 21 heavy (non-hydrogen) atoms. The van der Waals surface area contributed by atoms with E-state index in [-0.39, 0.29) is 41.1 Å². The number of esters is 1. The Labute approximate surface area is 140 Å². The van der Waals surface area contributed by atoms with Crippen LogP contribution in [0.2, 0.25) is 0 Å². The first-order valence-corrected chi connectivity index (χ1v) is 7.93. The van der Waals surface area contributed by atoms with Crippen LogP contribution in [0.4, 0.5) is 0 Å². The largest absolute Gasteiger partial charge is 0.460 e. The highest BCUT2D eigenvalue weighted by atomic mass is 79.9. The monoisotopic (exact) mass is 425 g/mol. The SMILES string of the molecule is CC(C)(C)OC(=O)CCOCCN1C(=O)C(Br)=C(Br)C1=O. The molecule has 0 aliphatic carbocycles.